The highest BCUT2D eigenvalue weighted by Crippen LogP contribution is 2.32. The minimum absolute atomic E-state index is 0.159. The zero-order chi connectivity index (χ0) is 19.0. The predicted molar refractivity (Wildman–Crippen MR) is 101 cm³/mol. The topological polar surface area (TPSA) is 35.6 Å². The second-order valence-electron chi connectivity index (χ2n) is 7.36. The van der Waals surface area contributed by atoms with Crippen molar-refractivity contribution in [2.45, 2.75) is 18.9 Å². The number of likely N-dealkylation sites (N-methyl/N-ethyl adjacent to an activating group) is 1. The number of carbonyl (C=O) groups is 1. The van der Waals surface area contributed by atoms with E-state index in [4.69, 9.17) is 0 Å². The molecule has 27 heavy (non-hydrogen) atoms. The number of halogens is 2. The molecule has 1 amide bonds. The van der Waals surface area contributed by atoms with Gasteiger partial charge < -0.3 is 15.1 Å². The fraction of sp³-hybridized carbons (Fsp3) is 0.381. The summed E-state index contributed by atoms with van der Waals surface area (Å²) in [5.41, 5.74) is 2.72. The van der Waals surface area contributed by atoms with E-state index >= 15 is 0 Å². The number of hydrogen-bond acceptors (Lipinski definition) is 3. The van der Waals surface area contributed by atoms with Crippen LogP contribution in [0.2, 0.25) is 0 Å². The maximum absolute atomic E-state index is 14.6. The molecule has 2 aromatic carbocycles. The lowest BCUT2D eigenvalue weighted by Crippen LogP contribution is -2.44. The van der Waals surface area contributed by atoms with E-state index in [0.29, 0.717) is 11.3 Å². The lowest BCUT2D eigenvalue weighted by atomic mass is 10.1. The number of carbonyl (C=O) groups excluding carboxylic acids is 1. The van der Waals surface area contributed by atoms with Crippen molar-refractivity contribution < 1.29 is 13.6 Å². The van der Waals surface area contributed by atoms with Gasteiger partial charge in [0.1, 0.15) is 11.6 Å². The Morgan fingerprint density at radius 3 is 2.59 bits per heavy atom. The van der Waals surface area contributed by atoms with E-state index in [2.05, 4.69) is 17.3 Å². The highest BCUT2D eigenvalue weighted by molar-refractivity contribution is 5.95. The summed E-state index contributed by atoms with van der Waals surface area (Å²) in [4.78, 5) is 16.8. The second-order valence-corrected chi connectivity index (χ2v) is 7.36. The molecule has 0 bridgehead atoms. The SMILES string of the molecule is CN1CCN(c2ccc(C(=O)N[C@@H]3CCc4cc(F)ccc43)cc2F)CC1. The van der Waals surface area contributed by atoms with Crippen LogP contribution in [0.5, 0.6) is 0 Å². The van der Waals surface area contributed by atoms with Gasteiger partial charge in [-0.3, -0.25) is 4.79 Å². The third kappa shape index (κ3) is 3.67. The molecular weight excluding hydrogens is 348 g/mol. The number of piperazine rings is 1. The van der Waals surface area contributed by atoms with Gasteiger partial charge in [0.05, 0.1) is 11.7 Å². The zero-order valence-corrected chi connectivity index (χ0v) is 15.3. The molecule has 0 spiro atoms. The largest absolute Gasteiger partial charge is 0.367 e. The Morgan fingerprint density at radius 1 is 1.07 bits per heavy atom. The number of anilines is 1. The Morgan fingerprint density at radius 2 is 1.85 bits per heavy atom. The third-order valence-corrected chi connectivity index (χ3v) is 5.54. The van der Waals surface area contributed by atoms with Gasteiger partial charge in [0.2, 0.25) is 0 Å². The molecule has 1 N–H and O–H groups in total. The van der Waals surface area contributed by atoms with E-state index in [1.54, 1.807) is 18.2 Å². The lowest BCUT2D eigenvalue weighted by Gasteiger charge is -2.34. The smallest absolute Gasteiger partial charge is 0.251 e. The molecule has 2 aliphatic rings. The maximum Gasteiger partial charge on any atom is 0.251 e. The quantitative estimate of drug-likeness (QED) is 0.901. The number of hydrogen-bond donors (Lipinski definition) is 1. The first-order valence-corrected chi connectivity index (χ1v) is 9.33. The summed E-state index contributed by atoms with van der Waals surface area (Å²) in [6.07, 6.45) is 1.46. The molecule has 1 fully saturated rings. The molecule has 0 radical (unpaired) electrons. The fourth-order valence-corrected chi connectivity index (χ4v) is 3.93. The zero-order valence-electron chi connectivity index (χ0n) is 15.3. The average molecular weight is 371 g/mol. The van der Waals surface area contributed by atoms with Crippen molar-refractivity contribution in [1.29, 1.82) is 0 Å². The molecule has 1 atom stereocenters. The summed E-state index contributed by atoms with van der Waals surface area (Å²) in [7, 11) is 2.05. The van der Waals surface area contributed by atoms with Crippen molar-refractivity contribution in [2.24, 2.45) is 0 Å². The molecule has 0 unspecified atom stereocenters. The van der Waals surface area contributed by atoms with Crippen molar-refractivity contribution in [1.82, 2.24) is 10.2 Å². The van der Waals surface area contributed by atoms with Crippen LogP contribution in [-0.4, -0.2) is 44.0 Å². The first-order chi connectivity index (χ1) is 13.0. The van der Waals surface area contributed by atoms with E-state index in [-0.39, 0.29) is 23.6 Å². The second kappa shape index (κ2) is 7.27. The van der Waals surface area contributed by atoms with Crippen LogP contribution in [0.25, 0.3) is 0 Å². The van der Waals surface area contributed by atoms with Crippen LogP contribution in [0.3, 0.4) is 0 Å². The molecule has 0 aromatic heterocycles. The molecule has 2 aromatic rings. The molecule has 4 nitrogen and oxygen atoms in total. The Labute approximate surface area is 157 Å². The van der Waals surface area contributed by atoms with Crippen LogP contribution in [0.4, 0.5) is 14.5 Å². The van der Waals surface area contributed by atoms with Crippen LogP contribution >= 0.6 is 0 Å². The summed E-state index contributed by atoms with van der Waals surface area (Å²) in [5.74, 6) is -0.940. The Kier molecular flexibility index (Phi) is 4.83. The van der Waals surface area contributed by atoms with Gasteiger partial charge >= 0.3 is 0 Å². The summed E-state index contributed by atoms with van der Waals surface area (Å²) in [5, 5.41) is 2.95. The van der Waals surface area contributed by atoms with E-state index in [9.17, 15) is 13.6 Å². The van der Waals surface area contributed by atoms with Crippen molar-refractivity contribution >= 4 is 11.6 Å². The summed E-state index contributed by atoms with van der Waals surface area (Å²) < 4.78 is 28.0. The minimum Gasteiger partial charge on any atom is -0.367 e. The van der Waals surface area contributed by atoms with Crippen molar-refractivity contribution in [3.05, 3.63) is 64.7 Å². The van der Waals surface area contributed by atoms with Crippen molar-refractivity contribution in [2.75, 3.05) is 38.1 Å². The maximum atomic E-state index is 14.6. The van der Waals surface area contributed by atoms with Gasteiger partial charge in [-0.05, 0) is 61.3 Å². The molecule has 1 saturated heterocycles. The van der Waals surface area contributed by atoms with Gasteiger partial charge in [-0.1, -0.05) is 6.07 Å². The van der Waals surface area contributed by atoms with Crippen LogP contribution in [-0.2, 0) is 6.42 Å². The number of fused-ring (bicyclic) bond motifs is 1. The summed E-state index contributed by atoms with van der Waals surface area (Å²) in [6, 6.07) is 9.16. The van der Waals surface area contributed by atoms with Gasteiger partial charge in [0.15, 0.2) is 0 Å². The van der Waals surface area contributed by atoms with E-state index in [0.717, 1.165) is 50.1 Å². The van der Waals surface area contributed by atoms with Crippen molar-refractivity contribution in [3.8, 4) is 0 Å². The molecular formula is C21H23F2N3O. The molecule has 1 aliphatic heterocycles. The van der Waals surface area contributed by atoms with E-state index < -0.39 is 0 Å². The first-order valence-electron chi connectivity index (χ1n) is 9.33. The first kappa shape index (κ1) is 17.9. The Balaban J connectivity index is 1.46. The Bertz CT molecular complexity index is 863. The molecule has 142 valence electrons. The number of aryl methyl sites for hydroxylation is 1. The minimum atomic E-state index is -0.374. The van der Waals surface area contributed by atoms with Gasteiger partial charge in [0.25, 0.3) is 5.91 Å². The summed E-state index contributed by atoms with van der Waals surface area (Å²) in [6.45, 7) is 3.33. The van der Waals surface area contributed by atoms with Crippen molar-refractivity contribution in [3.63, 3.8) is 0 Å². The molecule has 4 rings (SSSR count). The number of amides is 1. The number of rotatable bonds is 3. The molecule has 0 saturated carbocycles. The normalized spacial score (nSPS) is 19.8. The fourth-order valence-electron chi connectivity index (χ4n) is 3.93. The van der Waals surface area contributed by atoms with E-state index in [1.807, 2.05) is 4.90 Å². The lowest BCUT2D eigenvalue weighted by molar-refractivity contribution is 0.0936. The highest BCUT2D eigenvalue weighted by atomic mass is 19.1. The molecule has 1 aliphatic carbocycles. The number of nitrogens with zero attached hydrogens (tertiary/aromatic N) is 2. The van der Waals surface area contributed by atoms with Gasteiger partial charge in [-0.15, -0.1) is 0 Å². The van der Waals surface area contributed by atoms with Gasteiger partial charge in [-0.2, -0.15) is 0 Å². The van der Waals surface area contributed by atoms with Gasteiger partial charge in [0, 0.05) is 31.7 Å². The van der Waals surface area contributed by atoms with Crippen LogP contribution in [0.15, 0.2) is 36.4 Å². The van der Waals surface area contributed by atoms with Crippen LogP contribution in [0, 0.1) is 11.6 Å². The number of benzene rings is 2. The van der Waals surface area contributed by atoms with Crippen LogP contribution < -0.4 is 10.2 Å². The van der Waals surface area contributed by atoms with Crippen LogP contribution in [0.1, 0.15) is 33.9 Å². The summed E-state index contributed by atoms with van der Waals surface area (Å²) >= 11 is 0. The monoisotopic (exact) mass is 371 g/mol. The molecule has 6 heteroatoms. The predicted octanol–water partition coefficient (Wildman–Crippen LogP) is 3.13. The Hall–Kier alpha value is -2.47. The highest BCUT2D eigenvalue weighted by Gasteiger charge is 2.25. The third-order valence-electron chi connectivity index (χ3n) is 5.54. The average Bonchev–Trinajstić information content (AvgIpc) is 3.04. The van der Waals surface area contributed by atoms with E-state index in [1.165, 1.54) is 18.2 Å². The standard InChI is InChI=1S/C21H23F2N3O/c1-25-8-10-26(11-9-25)20-7-3-15(13-18(20)23)21(27)24-19-6-2-14-12-16(22)4-5-17(14)19/h3-5,7,12-13,19H,2,6,8-11H2,1H3,(H,24,27)/t19-/m1/s1. The number of nitrogens with one attached hydrogen (secondary N) is 1. The van der Waals surface area contributed by atoms with Gasteiger partial charge in [-0.25, -0.2) is 8.78 Å². The molecule has 1 heterocycles.